The van der Waals surface area contributed by atoms with Gasteiger partial charge in [0.1, 0.15) is 6.61 Å². The van der Waals surface area contributed by atoms with E-state index in [1.165, 1.54) is 0 Å². The van der Waals surface area contributed by atoms with Crippen LogP contribution in [0.25, 0.3) is 0 Å². The van der Waals surface area contributed by atoms with Crippen molar-refractivity contribution in [1.82, 2.24) is 4.90 Å². The molecule has 0 fully saturated rings. The van der Waals surface area contributed by atoms with Crippen molar-refractivity contribution in [3.8, 4) is 0 Å². The maximum absolute atomic E-state index is 10.9. The van der Waals surface area contributed by atoms with Gasteiger partial charge in [0, 0.05) is 12.1 Å². The molecular weight excluding hydrogens is 246 g/mol. The molecule has 0 spiro atoms. The molecule has 0 saturated heterocycles. The lowest BCUT2D eigenvalue weighted by Crippen LogP contribution is -2.33. The maximum Gasteiger partial charge on any atom is 0.330 e. The first kappa shape index (κ1) is 16.1. The second-order valence-corrected chi connectivity index (χ2v) is 5.45. The van der Waals surface area contributed by atoms with Crippen molar-refractivity contribution >= 4 is 16.1 Å². The van der Waals surface area contributed by atoms with Crippen LogP contribution in [0.2, 0.25) is 0 Å². The van der Waals surface area contributed by atoms with Crippen molar-refractivity contribution in [2.75, 3.05) is 26.5 Å². The van der Waals surface area contributed by atoms with Gasteiger partial charge < -0.3 is 9.64 Å². The number of rotatable bonds is 8. The van der Waals surface area contributed by atoms with Crippen LogP contribution in [-0.2, 0) is 19.6 Å². The lowest BCUT2D eigenvalue weighted by molar-refractivity contribution is -0.139. The van der Waals surface area contributed by atoms with E-state index in [-0.39, 0.29) is 18.4 Å². The summed E-state index contributed by atoms with van der Waals surface area (Å²) in [7, 11) is -0.313. The van der Waals surface area contributed by atoms with Crippen LogP contribution in [0.3, 0.4) is 0 Å². The number of nitrogens with zero attached hydrogens (tertiary/aromatic N) is 1. The fourth-order valence-electron chi connectivity index (χ4n) is 1.23. The van der Waals surface area contributed by atoms with Gasteiger partial charge in [-0.3, -0.25) is 4.55 Å². The maximum atomic E-state index is 10.9. The second kappa shape index (κ2) is 7.41. The third-order valence-corrected chi connectivity index (χ3v) is 3.06. The summed E-state index contributed by atoms with van der Waals surface area (Å²) < 4.78 is 34.5. The van der Waals surface area contributed by atoms with Crippen LogP contribution in [-0.4, -0.2) is 56.3 Å². The summed E-state index contributed by atoms with van der Waals surface area (Å²) in [5, 5.41) is 0. The Morgan fingerprint density at radius 2 is 2.12 bits per heavy atom. The standard InChI is InChI=1S/C10H19NO5S/c1-4-10(12)16-8-9(11(2)3)6-5-7-17(13,14)15/h4,9H,1,5-8H2,2-3H3,(H,13,14,15). The van der Waals surface area contributed by atoms with Crippen LogP contribution in [0.5, 0.6) is 0 Å². The topological polar surface area (TPSA) is 83.9 Å². The summed E-state index contributed by atoms with van der Waals surface area (Å²) in [4.78, 5) is 12.7. The van der Waals surface area contributed by atoms with Gasteiger partial charge in [0.15, 0.2) is 0 Å². The van der Waals surface area contributed by atoms with Crippen molar-refractivity contribution in [2.24, 2.45) is 0 Å². The van der Waals surface area contributed by atoms with Gasteiger partial charge in [-0.15, -0.1) is 0 Å². The minimum Gasteiger partial charge on any atom is -0.461 e. The van der Waals surface area contributed by atoms with Gasteiger partial charge in [0.25, 0.3) is 10.1 Å². The highest BCUT2D eigenvalue weighted by atomic mass is 32.2. The van der Waals surface area contributed by atoms with Crippen molar-refractivity contribution in [2.45, 2.75) is 18.9 Å². The number of carbonyl (C=O) groups excluding carboxylic acids is 1. The highest BCUT2D eigenvalue weighted by molar-refractivity contribution is 7.85. The monoisotopic (exact) mass is 265 g/mol. The molecular formula is C10H19NO5S. The molecule has 0 heterocycles. The van der Waals surface area contributed by atoms with Crippen LogP contribution in [0.1, 0.15) is 12.8 Å². The summed E-state index contributed by atoms with van der Waals surface area (Å²) in [6.07, 6.45) is 1.90. The quantitative estimate of drug-likeness (QED) is 0.386. The number of ether oxygens (including phenoxy) is 1. The highest BCUT2D eigenvalue weighted by Gasteiger charge is 2.15. The Labute approximate surface area is 102 Å². The Kier molecular flexibility index (Phi) is 7.01. The zero-order valence-electron chi connectivity index (χ0n) is 10.1. The molecule has 0 aromatic rings. The predicted octanol–water partition coefficient (Wildman–Crippen LogP) is 0.314. The SMILES string of the molecule is C=CC(=O)OCC(CCCS(=O)(=O)O)N(C)C. The van der Waals surface area contributed by atoms with E-state index in [0.717, 1.165) is 6.08 Å². The fraction of sp³-hybridized carbons (Fsp3) is 0.700. The van der Waals surface area contributed by atoms with E-state index in [1.54, 1.807) is 14.1 Å². The number of esters is 1. The molecule has 0 rings (SSSR count). The van der Waals surface area contributed by atoms with Crippen LogP contribution in [0, 0.1) is 0 Å². The summed E-state index contributed by atoms with van der Waals surface area (Å²) in [5.41, 5.74) is 0. The van der Waals surface area contributed by atoms with E-state index in [9.17, 15) is 13.2 Å². The second-order valence-electron chi connectivity index (χ2n) is 3.88. The van der Waals surface area contributed by atoms with E-state index in [1.807, 2.05) is 4.90 Å². The summed E-state index contributed by atoms with van der Waals surface area (Å²) in [6.45, 7) is 3.45. The van der Waals surface area contributed by atoms with Crippen LogP contribution in [0.4, 0.5) is 0 Å². The van der Waals surface area contributed by atoms with Crippen molar-refractivity contribution < 1.29 is 22.5 Å². The zero-order chi connectivity index (χ0) is 13.5. The van der Waals surface area contributed by atoms with Crippen molar-refractivity contribution in [1.29, 1.82) is 0 Å². The predicted molar refractivity (Wildman–Crippen MR) is 64.3 cm³/mol. The van der Waals surface area contributed by atoms with Gasteiger partial charge >= 0.3 is 5.97 Å². The Morgan fingerprint density at radius 1 is 1.53 bits per heavy atom. The molecule has 0 saturated carbocycles. The largest absolute Gasteiger partial charge is 0.461 e. The van der Waals surface area contributed by atoms with Crippen molar-refractivity contribution in [3.63, 3.8) is 0 Å². The van der Waals surface area contributed by atoms with Gasteiger partial charge in [-0.25, -0.2) is 4.79 Å². The molecule has 0 bridgehead atoms. The van der Waals surface area contributed by atoms with Crippen LogP contribution in [0.15, 0.2) is 12.7 Å². The minimum absolute atomic E-state index is 0.0827. The summed E-state index contributed by atoms with van der Waals surface area (Å²) in [5.74, 6) is -0.793. The first-order valence-corrected chi connectivity index (χ1v) is 6.78. The normalized spacial score (nSPS) is 13.4. The van der Waals surface area contributed by atoms with Crippen LogP contribution >= 0.6 is 0 Å². The molecule has 6 nitrogen and oxygen atoms in total. The number of carbonyl (C=O) groups is 1. The third-order valence-electron chi connectivity index (χ3n) is 2.25. The molecule has 100 valence electrons. The van der Waals surface area contributed by atoms with Gasteiger partial charge in [0.05, 0.1) is 5.75 Å². The number of likely N-dealkylation sites (N-methyl/N-ethyl adjacent to an activating group) is 1. The molecule has 0 radical (unpaired) electrons. The molecule has 0 aromatic carbocycles. The first-order valence-electron chi connectivity index (χ1n) is 5.17. The van der Waals surface area contributed by atoms with Gasteiger partial charge in [0.2, 0.25) is 0 Å². The Bertz CT molecular complexity index is 350. The van der Waals surface area contributed by atoms with Crippen molar-refractivity contribution in [3.05, 3.63) is 12.7 Å². The van der Waals surface area contributed by atoms with E-state index in [0.29, 0.717) is 12.8 Å². The molecule has 0 aliphatic rings. The molecule has 0 aliphatic carbocycles. The van der Waals surface area contributed by atoms with Gasteiger partial charge in [-0.1, -0.05) is 6.58 Å². The van der Waals surface area contributed by atoms with E-state index in [2.05, 4.69) is 6.58 Å². The summed E-state index contributed by atoms with van der Waals surface area (Å²) in [6, 6.07) is -0.0827. The van der Waals surface area contributed by atoms with E-state index >= 15 is 0 Å². The van der Waals surface area contributed by atoms with Crippen LogP contribution < -0.4 is 0 Å². The molecule has 0 aromatic heterocycles. The molecule has 0 aliphatic heterocycles. The average molecular weight is 265 g/mol. The molecule has 1 N–H and O–H groups in total. The lowest BCUT2D eigenvalue weighted by atomic mass is 10.1. The first-order chi connectivity index (χ1) is 7.76. The zero-order valence-corrected chi connectivity index (χ0v) is 10.9. The average Bonchev–Trinajstić information content (AvgIpc) is 2.20. The Morgan fingerprint density at radius 3 is 2.53 bits per heavy atom. The molecule has 1 unspecified atom stereocenters. The fourth-order valence-corrected chi connectivity index (χ4v) is 1.76. The summed E-state index contributed by atoms with van der Waals surface area (Å²) >= 11 is 0. The highest BCUT2D eigenvalue weighted by Crippen LogP contribution is 2.06. The van der Waals surface area contributed by atoms with Gasteiger partial charge in [-0.05, 0) is 26.9 Å². The third kappa shape index (κ3) is 8.84. The molecule has 1 atom stereocenters. The smallest absolute Gasteiger partial charge is 0.330 e. The number of hydrogen-bond donors (Lipinski definition) is 1. The minimum atomic E-state index is -3.92. The number of hydrogen-bond acceptors (Lipinski definition) is 5. The molecule has 17 heavy (non-hydrogen) atoms. The Hall–Kier alpha value is -0.920. The Balaban J connectivity index is 4.07. The lowest BCUT2D eigenvalue weighted by Gasteiger charge is -2.23. The van der Waals surface area contributed by atoms with E-state index in [4.69, 9.17) is 9.29 Å². The van der Waals surface area contributed by atoms with Gasteiger partial charge in [-0.2, -0.15) is 8.42 Å². The molecule has 0 amide bonds. The van der Waals surface area contributed by atoms with E-state index < -0.39 is 16.1 Å². The molecule has 7 heteroatoms.